The number of aromatic amines is 1. The topological polar surface area (TPSA) is 88.8 Å². The van der Waals surface area contributed by atoms with Crippen molar-refractivity contribution >= 4 is 11.4 Å². The molecule has 0 aliphatic rings. The molecule has 1 aromatic carbocycles. The molecule has 9 heteroatoms. The van der Waals surface area contributed by atoms with E-state index >= 15 is 0 Å². The van der Waals surface area contributed by atoms with E-state index in [4.69, 9.17) is 5.73 Å². The van der Waals surface area contributed by atoms with Crippen LogP contribution in [0.5, 0.6) is 5.75 Å². The molecule has 0 amide bonds. The molecule has 0 fully saturated rings. The molecule has 0 atom stereocenters. The standard InChI is InChI=1S/C11H12F3N5O/c12-6-3-7(15)8(4-9(6)20-11(13)14)16-2-1-10-17-5-18-19-10/h3-5,11,16H,1-2,15H2,(H,17,18,19). The van der Waals surface area contributed by atoms with Crippen molar-refractivity contribution in [1.29, 1.82) is 0 Å². The number of anilines is 2. The largest absolute Gasteiger partial charge is 0.432 e. The predicted octanol–water partition coefficient (Wildman–Crippen LogP) is 1.78. The van der Waals surface area contributed by atoms with Crippen molar-refractivity contribution in [3.05, 3.63) is 30.1 Å². The van der Waals surface area contributed by atoms with Crippen LogP contribution in [0.3, 0.4) is 0 Å². The van der Waals surface area contributed by atoms with Gasteiger partial charge in [-0.15, -0.1) is 0 Å². The lowest BCUT2D eigenvalue weighted by molar-refractivity contribution is -0.0521. The first-order chi connectivity index (χ1) is 9.56. The summed E-state index contributed by atoms with van der Waals surface area (Å²) in [6.07, 6.45) is 1.89. The van der Waals surface area contributed by atoms with Gasteiger partial charge in [0.05, 0.1) is 11.4 Å². The van der Waals surface area contributed by atoms with Gasteiger partial charge in [0.2, 0.25) is 0 Å². The zero-order valence-electron chi connectivity index (χ0n) is 10.2. The summed E-state index contributed by atoms with van der Waals surface area (Å²) in [5.74, 6) is -0.845. The molecule has 108 valence electrons. The number of H-pyrrole nitrogens is 1. The summed E-state index contributed by atoms with van der Waals surface area (Å²) in [6.45, 7) is -2.69. The fourth-order valence-corrected chi connectivity index (χ4v) is 1.57. The Kier molecular flexibility index (Phi) is 4.28. The Bertz CT molecular complexity index is 561. The van der Waals surface area contributed by atoms with Crippen LogP contribution in [0, 0.1) is 5.82 Å². The minimum absolute atomic E-state index is 0.0988. The van der Waals surface area contributed by atoms with E-state index in [1.165, 1.54) is 6.33 Å². The van der Waals surface area contributed by atoms with E-state index in [1.807, 2.05) is 0 Å². The molecular weight excluding hydrogens is 275 g/mol. The maximum absolute atomic E-state index is 13.3. The fraction of sp³-hybridized carbons (Fsp3) is 0.273. The average molecular weight is 287 g/mol. The summed E-state index contributed by atoms with van der Waals surface area (Å²) in [4.78, 5) is 3.92. The quantitative estimate of drug-likeness (QED) is 0.705. The van der Waals surface area contributed by atoms with E-state index in [-0.39, 0.29) is 5.69 Å². The average Bonchev–Trinajstić information content (AvgIpc) is 2.87. The van der Waals surface area contributed by atoms with Crippen LogP contribution in [-0.2, 0) is 6.42 Å². The van der Waals surface area contributed by atoms with Crippen LogP contribution >= 0.6 is 0 Å². The van der Waals surface area contributed by atoms with Crippen LogP contribution in [0.4, 0.5) is 24.5 Å². The van der Waals surface area contributed by atoms with Gasteiger partial charge in [0.15, 0.2) is 11.6 Å². The first-order valence-electron chi connectivity index (χ1n) is 5.68. The number of rotatable bonds is 6. The highest BCUT2D eigenvalue weighted by Crippen LogP contribution is 2.29. The molecule has 2 aromatic rings. The Labute approximate surface area is 112 Å². The predicted molar refractivity (Wildman–Crippen MR) is 66.0 cm³/mol. The summed E-state index contributed by atoms with van der Waals surface area (Å²) in [6, 6.07) is 2.02. The van der Waals surface area contributed by atoms with Gasteiger partial charge in [-0.1, -0.05) is 0 Å². The number of alkyl halides is 2. The SMILES string of the molecule is Nc1cc(F)c(OC(F)F)cc1NCCc1ncn[nH]1. The maximum Gasteiger partial charge on any atom is 0.387 e. The van der Waals surface area contributed by atoms with Gasteiger partial charge in [0, 0.05) is 25.1 Å². The van der Waals surface area contributed by atoms with E-state index < -0.39 is 18.2 Å². The Hall–Kier alpha value is -2.45. The molecule has 20 heavy (non-hydrogen) atoms. The highest BCUT2D eigenvalue weighted by Gasteiger charge is 2.13. The molecule has 0 unspecified atom stereocenters. The first-order valence-corrected chi connectivity index (χ1v) is 5.68. The van der Waals surface area contributed by atoms with Gasteiger partial charge in [-0.25, -0.2) is 9.37 Å². The molecule has 0 saturated carbocycles. The van der Waals surface area contributed by atoms with Crippen molar-refractivity contribution < 1.29 is 17.9 Å². The molecule has 2 rings (SSSR count). The maximum atomic E-state index is 13.3. The molecule has 6 nitrogen and oxygen atoms in total. The molecular formula is C11H12F3N5O. The zero-order chi connectivity index (χ0) is 14.5. The Morgan fingerprint density at radius 1 is 1.40 bits per heavy atom. The molecule has 1 heterocycles. The Morgan fingerprint density at radius 2 is 2.20 bits per heavy atom. The van der Waals surface area contributed by atoms with Crippen molar-refractivity contribution in [2.45, 2.75) is 13.0 Å². The van der Waals surface area contributed by atoms with E-state index in [2.05, 4.69) is 25.2 Å². The number of benzene rings is 1. The number of nitrogens with two attached hydrogens (primary N) is 1. The summed E-state index contributed by atoms with van der Waals surface area (Å²) >= 11 is 0. The fourth-order valence-electron chi connectivity index (χ4n) is 1.57. The van der Waals surface area contributed by atoms with Gasteiger partial charge in [-0.05, 0) is 0 Å². The minimum Gasteiger partial charge on any atom is -0.432 e. The second kappa shape index (κ2) is 6.13. The van der Waals surface area contributed by atoms with E-state index in [0.29, 0.717) is 24.5 Å². The number of hydrogen-bond acceptors (Lipinski definition) is 5. The summed E-state index contributed by atoms with van der Waals surface area (Å²) in [5.41, 5.74) is 6.00. The first kappa shape index (κ1) is 14.0. The number of halogens is 3. The van der Waals surface area contributed by atoms with Crippen LogP contribution in [0.25, 0.3) is 0 Å². The highest BCUT2D eigenvalue weighted by atomic mass is 19.3. The second-order valence-corrected chi connectivity index (χ2v) is 3.86. The van der Waals surface area contributed by atoms with Gasteiger partial charge in [-0.2, -0.15) is 13.9 Å². The number of ether oxygens (including phenoxy) is 1. The number of hydrogen-bond donors (Lipinski definition) is 3. The lowest BCUT2D eigenvalue weighted by Crippen LogP contribution is -2.10. The normalized spacial score (nSPS) is 10.8. The minimum atomic E-state index is -3.10. The van der Waals surface area contributed by atoms with Gasteiger partial charge >= 0.3 is 6.61 Å². The van der Waals surface area contributed by atoms with Gasteiger partial charge < -0.3 is 15.8 Å². The van der Waals surface area contributed by atoms with Crippen molar-refractivity contribution in [2.75, 3.05) is 17.6 Å². The lowest BCUT2D eigenvalue weighted by Gasteiger charge is -2.12. The highest BCUT2D eigenvalue weighted by molar-refractivity contribution is 5.68. The van der Waals surface area contributed by atoms with Crippen LogP contribution in [0.15, 0.2) is 18.5 Å². The van der Waals surface area contributed by atoms with Gasteiger partial charge in [0.1, 0.15) is 12.2 Å². The number of nitrogen functional groups attached to an aromatic ring is 1. The Morgan fingerprint density at radius 3 is 2.85 bits per heavy atom. The smallest absolute Gasteiger partial charge is 0.387 e. The lowest BCUT2D eigenvalue weighted by atomic mass is 10.2. The monoisotopic (exact) mass is 287 g/mol. The van der Waals surface area contributed by atoms with Crippen molar-refractivity contribution in [1.82, 2.24) is 15.2 Å². The summed E-state index contributed by atoms with van der Waals surface area (Å²) < 4.78 is 41.6. The van der Waals surface area contributed by atoms with Gasteiger partial charge in [-0.3, -0.25) is 5.10 Å². The summed E-state index contributed by atoms with van der Waals surface area (Å²) in [5, 5.41) is 9.24. The Balaban J connectivity index is 2.02. The molecule has 4 N–H and O–H groups in total. The molecule has 0 radical (unpaired) electrons. The third-order valence-corrected chi connectivity index (χ3v) is 2.46. The van der Waals surface area contributed by atoms with E-state index in [9.17, 15) is 13.2 Å². The third-order valence-electron chi connectivity index (χ3n) is 2.46. The van der Waals surface area contributed by atoms with Crippen molar-refractivity contribution in [2.24, 2.45) is 0 Å². The molecule has 0 aliphatic carbocycles. The van der Waals surface area contributed by atoms with Crippen LogP contribution < -0.4 is 15.8 Å². The molecule has 0 spiro atoms. The van der Waals surface area contributed by atoms with Crippen LogP contribution in [0.1, 0.15) is 5.82 Å². The number of aromatic nitrogens is 3. The molecule has 0 bridgehead atoms. The van der Waals surface area contributed by atoms with Crippen LogP contribution in [-0.4, -0.2) is 28.3 Å². The van der Waals surface area contributed by atoms with E-state index in [0.717, 1.165) is 12.1 Å². The second-order valence-electron chi connectivity index (χ2n) is 3.86. The zero-order valence-corrected chi connectivity index (χ0v) is 10.2. The molecule has 0 saturated heterocycles. The third kappa shape index (κ3) is 3.53. The van der Waals surface area contributed by atoms with Crippen LogP contribution in [0.2, 0.25) is 0 Å². The van der Waals surface area contributed by atoms with Gasteiger partial charge in [0.25, 0.3) is 0 Å². The molecule has 0 aliphatic heterocycles. The van der Waals surface area contributed by atoms with Crippen molar-refractivity contribution in [3.8, 4) is 5.75 Å². The molecule has 1 aromatic heterocycles. The van der Waals surface area contributed by atoms with E-state index in [1.54, 1.807) is 0 Å². The number of nitrogens with one attached hydrogen (secondary N) is 2. The number of nitrogens with zero attached hydrogens (tertiary/aromatic N) is 2. The summed E-state index contributed by atoms with van der Waals surface area (Å²) in [7, 11) is 0. The van der Waals surface area contributed by atoms with Crippen molar-refractivity contribution in [3.63, 3.8) is 0 Å².